The van der Waals surface area contributed by atoms with E-state index in [0.717, 1.165) is 47.6 Å². The van der Waals surface area contributed by atoms with Crippen LogP contribution in [0, 0.1) is 0 Å². The normalized spacial score (nSPS) is 25.0. The van der Waals surface area contributed by atoms with Gasteiger partial charge in [-0.2, -0.15) is 0 Å². The van der Waals surface area contributed by atoms with Gasteiger partial charge in [0.05, 0.1) is 30.2 Å². The number of nitrogens with one attached hydrogen (secondary N) is 1. The molecule has 0 bridgehead atoms. The van der Waals surface area contributed by atoms with E-state index in [0.29, 0.717) is 29.8 Å². The van der Waals surface area contributed by atoms with Gasteiger partial charge in [0.1, 0.15) is 16.6 Å². The number of ether oxygens (including phenoxy) is 1. The zero-order valence-corrected chi connectivity index (χ0v) is 17.7. The molecule has 3 atom stereocenters. The average molecular weight is 432 g/mol. The van der Waals surface area contributed by atoms with E-state index >= 15 is 0 Å². The lowest BCUT2D eigenvalue weighted by Crippen LogP contribution is -2.44. The lowest BCUT2D eigenvalue weighted by Gasteiger charge is -2.34. The van der Waals surface area contributed by atoms with Crippen LogP contribution < -0.4 is 4.90 Å². The number of rotatable bonds is 3. The van der Waals surface area contributed by atoms with E-state index in [1.807, 2.05) is 18.3 Å². The minimum Gasteiger partial charge on any atom is -0.377 e. The summed E-state index contributed by atoms with van der Waals surface area (Å²) in [5.74, 6) is 2.17. The summed E-state index contributed by atoms with van der Waals surface area (Å²) in [6, 6.07) is 5.97. The molecule has 0 aromatic carbocycles. The lowest BCUT2D eigenvalue weighted by molar-refractivity contribution is 0.0985. The number of morpholine rings is 1. The lowest BCUT2D eigenvalue weighted by atomic mass is 10.1. The minimum absolute atomic E-state index is 0.0501. The standard InChI is InChI=1S/C20H22ClN5O2S/c1-12-11-28-7-6-26(12)18-10-15(16-3-2-8-29(16)27)23-20(25-18)14-9-17(21)24-19-13(14)4-5-22-19/h4-5,9-10,12,16H,2-3,6-8,11H2,1H3,(H,22,24). The van der Waals surface area contributed by atoms with Gasteiger partial charge in [-0.15, -0.1) is 0 Å². The number of hydrogen-bond acceptors (Lipinski definition) is 6. The molecule has 3 aromatic heterocycles. The van der Waals surface area contributed by atoms with Gasteiger partial charge in [-0.1, -0.05) is 11.6 Å². The summed E-state index contributed by atoms with van der Waals surface area (Å²) in [4.78, 5) is 19.5. The molecule has 0 saturated carbocycles. The number of hydrogen-bond donors (Lipinski definition) is 1. The van der Waals surface area contributed by atoms with E-state index in [1.165, 1.54) is 0 Å². The van der Waals surface area contributed by atoms with Crippen LogP contribution >= 0.6 is 11.6 Å². The molecule has 0 radical (unpaired) electrons. The SMILES string of the molecule is CC1COCCN1c1cc(C2CCCS2=O)nc(-c2cc(Cl)nc3[nH]ccc23)n1. The number of halogens is 1. The van der Waals surface area contributed by atoms with Gasteiger partial charge in [0.15, 0.2) is 5.82 Å². The number of aromatic nitrogens is 4. The molecule has 0 amide bonds. The Balaban J connectivity index is 1.68. The van der Waals surface area contributed by atoms with Crippen molar-refractivity contribution in [2.24, 2.45) is 0 Å². The van der Waals surface area contributed by atoms with E-state index in [-0.39, 0.29) is 11.3 Å². The van der Waals surface area contributed by atoms with Gasteiger partial charge in [0, 0.05) is 46.3 Å². The van der Waals surface area contributed by atoms with Gasteiger partial charge in [0.25, 0.3) is 0 Å². The van der Waals surface area contributed by atoms with Crippen LogP contribution in [-0.4, -0.2) is 55.7 Å². The van der Waals surface area contributed by atoms with Gasteiger partial charge in [-0.05, 0) is 31.9 Å². The first-order valence-electron chi connectivity index (χ1n) is 9.84. The van der Waals surface area contributed by atoms with Crippen LogP contribution in [0.15, 0.2) is 24.4 Å². The van der Waals surface area contributed by atoms with E-state index < -0.39 is 10.8 Å². The number of anilines is 1. The maximum Gasteiger partial charge on any atom is 0.162 e. The quantitative estimate of drug-likeness (QED) is 0.639. The molecule has 2 aliphatic rings. The summed E-state index contributed by atoms with van der Waals surface area (Å²) >= 11 is 6.27. The summed E-state index contributed by atoms with van der Waals surface area (Å²) in [5.41, 5.74) is 2.37. The Labute approximate surface area is 176 Å². The van der Waals surface area contributed by atoms with Gasteiger partial charge in [0.2, 0.25) is 0 Å². The molecule has 2 fully saturated rings. The van der Waals surface area contributed by atoms with Gasteiger partial charge < -0.3 is 14.6 Å². The Morgan fingerprint density at radius 2 is 2.21 bits per heavy atom. The second-order valence-electron chi connectivity index (χ2n) is 7.54. The van der Waals surface area contributed by atoms with Crippen molar-refractivity contribution >= 4 is 39.3 Å². The Bertz CT molecular complexity index is 1090. The number of H-pyrrole nitrogens is 1. The third kappa shape index (κ3) is 3.53. The topological polar surface area (TPSA) is 84.0 Å². The summed E-state index contributed by atoms with van der Waals surface area (Å²) in [7, 11) is -0.900. The van der Waals surface area contributed by atoms with Crippen LogP contribution in [0.2, 0.25) is 5.15 Å². The molecule has 5 rings (SSSR count). The Morgan fingerprint density at radius 3 is 3.00 bits per heavy atom. The van der Waals surface area contributed by atoms with E-state index in [1.54, 1.807) is 6.07 Å². The second kappa shape index (κ2) is 7.66. The van der Waals surface area contributed by atoms with Gasteiger partial charge >= 0.3 is 0 Å². The highest BCUT2D eigenvalue weighted by atomic mass is 35.5. The van der Waals surface area contributed by atoms with Gasteiger partial charge in [-0.25, -0.2) is 15.0 Å². The van der Waals surface area contributed by atoms with Gasteiger partial charge in [-0.3, -0.25) is 4.21 Å². The van der Waals surface area contributed by atoms with E-state index in [2.05, 4.69) is 21.8 Å². The molecule has 2 saturated heterocycles. The maximum absolute atomic E-state index is 12.6. The molecule has 3 aromatic rings. The smallest absolute Gasteiger partial charge is 0.162 e. The van der Waals surface area contributed by atoms with Crippen LogP contribution in [0.1, 0.15) is 30.7 Å². The third-order valence-electron chi connectivity index (χ3n) is 5.59. The van der Waals surface area contributed by atoms with Crippen molar-refractivity contribution in [2.75, 3.05) is 30.4 Å². The number of nitrogens with zero attached hydrogens (tertiary/aromatic N) is 4. The molecule has 152 valence electrons. The molecule has 29 heavy (non-hydrogen) atoms. The first kappa shape index (κ1) is 19.0. The van der Waals surface area contributed by atoms with Crippen molar-refractivity contribution in [3.63, 3.8) is 0 Å². The largest absolute Gasteiger partial charge is 0.377 e. The van der Waals surface area contributed by atoms with Crippen molar-refractivity contribution in [1.29, 1.82) is 0 Å². The highest BCUT2D eigenvalue weighted by Crippen LogP contribution is 2.35. The molecule has 3 unspecified atom stereocenters. The van der Waals surface area contributed by atoms with Crippen LogP contribution in [0.3, 0.4) is 0 Å². The summed E-state index contributed by atoms with van der Waals surface area (Å²) in [5, 5.41) is 1.25. The van der Waals surface area contributed by atoms with Crippen LogP contribution in [0.25, 0.3) is 22.4 Å². The summed E-state index contributed by atoms with van der Waals surface area (Å²) in [6.07, 6.45) is 3.68. The first-order chi connectivity index (χ1) is 14.1. The Kier molecular flexibility index (Phi) is 5.01. The van der Waals surface area contributed by atoms with Crippen LogP contribution in [-0.2, 0) is 15.5 Å². The predicted molar refractivity (Wildman–Crippen MR) is 115 cm³/mol. The van der Waals surface area contributed by atoms with Crippen LogP contribution in [0.5, 0.6) is 0 Å². The summed E-state index contributed by atoms with van der Waals surface area (Å²) in [6.45, 7) is 4.22. The predicted octanol–water partition coefficient (Wildman–Crippen LogP) is 3.48. The maximum atomic E-state index is 12.6. The van der Waals surface area contributed by atoms with Crippen molar-refractivity contribution in [3.8, 4) is 11.4 Å². The molecular weight excluding hydrogens is 410 g/mol. The van der Waals surface area contributed by atoms with Crippen molar-refractivity contribution < 1.29 is 8.95 Å². The number of fused-ring (bicyclic) bond motifs is 1. The fourth-order valence-corrected chi connectivity index (χ4v) is 5.86. The molecule has 0 spiro atoms. The minimum atomic E-state index is -0.900. The zero-order chi connectivity index (χ0) is 20.0. The average Bonchev–Trinajstić information content (AvgIpc) is 3.36. The molecule has 5 heterocycles. The van der Waals surface area contributed by atoms with E-state index in [9.17, 15) is 4.21 Å². The third-order valence-corrected chi connectivity index (χ3v) is 7.59. The molecule has 2 aliphatic heterocycles. The van der Waals surface area contributed by atoms with Crippen LogP contribution in [0.4, 0.5) is 5.82 Å². The second-order valence-corrected chi connectivity index (χ2v) is 9.67. The van der Waals surface area contributed by atoms with Crippen molar-refractivity contribution in [3.05, 3.63) is 35.2 Å². The Hall–Kier alpha value is -2.03. The zero-order valence-electron chi connectivity index (χ0n) is 16.1. The fraction of sp³-hybridized carbons (Fsp3) is 0.450. The molecule has 1 N–H and O–H groups in total. The molecular formula is C20H22ClN5O2S. The highest BCUT2D eigenvalue weighted by molar-refractivity contribution is 7.85. The summed E-state index contributed by atoms with van der Waals surface area (Å²) < 4.78 is 18.2. The first-order valence-corrected chi connectivity index (χ1v) is 11.6. The fourth-order valence-electron chi connectivity index (χ4n) is 4.11. The number of pyridine rings is 1. The van der Waals surface area contributed by atoms with Crippen molar-refractivity contribution in [1.82, 2.24) is 19.9 Å². The highest BCUT2D eigenvalue weighted by Gasteiger charge is 2.29. The Morgan fingerprint density at radius 1 is 1.31 bits per heavy atom. The van der Waals surface area contributed by atoms with E-state index in [4.69, 9.17) is 26.3 Å². The number of aromatic amines is 1. The van der Waals surface area contributed by atoms with Crippen molar-refractivity contribution in [2.45, 2.75) is 31.1 Å². The molecule has 7 nitrogen and oxygen atoms in total. The monoisotopic (exact) mass is 431 g/mol. The molecule has 0 aliphatic carbocycles. The molecule has 9 heteroatoms.